The first-order valence-electron chi connectivity index (χ1n) is 28.6. The third-order valence-corrected chi connectivity index (χ3v) is 13.5. The number of amides is 30. The summed E-state index contributed by atoms with van der Waals surface area (Å²) in [5, 5.41) is 17.9. The molecule has 6 aliphatic rings. The Hall–Kier alpha value is -13.2. The van der Waals surface area contributed by atoms with Crippen LogP contribution in [0.3, 0.4) is 0 Å². The van der Waals surface area contributed by atoms with E-state index in [0.717, 1.165) is 75.4 Å². The monoisotopic (exact) mass is 1520 g/mol. The Morgan fingerprint density at radius 2 is 0.509 bits per heavy atom. The third-order valence-electron chi connectivity index (χ3n) is 13.5. The Labute approximate surface area is 594 Å². The Bertz CT molecular complexity index is 3630. The SMILES string of the molecule is CC(=O)NOC1(C)C(=O)N(C)C(=O)N(C)C1=O.CC(=O)NOC1(C)C(=O)NC(=O)NC1=O.CO/N=C(\C)C1(ONC(C)=O)C(=O)N(C)C(=O)N(C)C1=O.CO/N=C(\C)C1(ONC(C)=O)C(=O)NC(=O)NC1=O.COC(=O)NOC1(C)C(=O)N(C)C(=O)N(C)C1=O.COC(=O)NOC1(C)C(=O)NC(=O)NC1=O. The molecule has 6 rings (SSSR count). The zero-order valence-corrected chi connectivity index (χ0v) is 59.5. The van der Waals surface area contributed by atoms with Crippen LogP contribution < -0.4 is 64.8 Å². The van der Waals surface area contributed by atoms with Crippen LogP contribution in [0.15, 0.2) is 10.3 Å². The molecule has 6 aliphatic heterocycles. The van der Waals surface area contributed by atoms with Gasteiger partial charge in [-0.05, 0) is 41.5 Å². The highest BCUT2D eigenvalue weighted by molar-refractivity contribution is 6.35. The number of methoxy groups -OCH3 is 2. The first-order chi connectivity index (χ1) is 48.8. The van der Waals surface area contributed by atoms with Gasteiger partial charge in [-0.15, -0.1) is 0 Å². The third kappa shape index (κ3) is 20.5. The molecule has 0 radical (unpaired) electrons. The maximum Gasteiger partial charge on any atom is 0.431 e. The number of nitrogens with zero attached hydrogens (tertiary/aromatic N) is 8. The summed E-state index contributed by atoms with van der Waals surface area (Å²) < 4.78 is 8.41. The molecule has 0 saturated carbocycles. The number of barbiturate groups is 6. The lowest BCUT2D eigenvalue weighted by molar-refractivity contribution is -0.185. The summed E-state index contributed by atoms with van der Waals surface area (Å²) in [6, 6.07) is -5.21. The van der Waals surface area contributed by atoms with Crippen molar-refractivity contribution in [2.24, 2.45) is 10.3 Å². The molecule has 54 heteroatoms. The number of imide groups is 12. The van der Waals surface area contributed by atoms with Crippen LogP contribution >= 0.6 is 0 Å². The minimum absolute atomic E-state index is 0.167. The van der Waals surface area contributed by atoms with Crippen molar-refractivity contribution in [3.8, 4) is 0 Å². The number of urea groups is 6. The summed E-state index contributed by atoms with van der Waals surface area (Å²) in [7, 11) is 11.8. The number of rotatable bonds is 16. The first-order valence-corrected chi connectivity index (χ1v) is 28.6. The molecule has 584 valence electrons. The molecule has 106 heavy (non-hydrogen) atoms. The number of nitrogens with one attached hydrogen (secondary N) is 12. The van der Waals surface area contributed by atoms with Gasteiger partial charge in [-0.25, -0.2) is 89.3 Å². The fourth-order valence-corrected chi connectivity index (χ4v) is 7.64. The molecule has 0 aromatic heterocycles. The van der Waals surface area contributed by atoms with E-state index in [4.69, 9.17) is 19.4 Å². The molecule has 6 fully saturated rings. The summed E-state index contributed by atoms with van der Waals surface area (Å²) in [5.74, 6) is -13.9. The van der Waals surface area contributed by atoms with Gasteiger partial charge >= 0.3 is 48.4 Å². The van der Waals surface area contributed by atoms with Crippen molar-refractivity contribution < 1.29 is 163 Å². The standard InChI is InChI=1S/C11H16N4O6.C9H12N4O6.C9H13N3O6.C9H13N3O5.C7H9N3O6.C7H9N3O5/c1-6(12-20-5)11(21-13-7(2)16)8(17)14(3)10(19)15(4)9(11)18;1-4(12-18-3)9(19-13-5(2)14)6(15)10-8(17)11-7(9)16;1-9(18-10-7(15)17-4)5(13)11(2)8(16)12(3)6(9)14;1-5(13)10-17-9(2)6(14)11(3)8(16)12(4)7(9)15;1-7(16-10-6(14)15-2)3(11)8-5(13)9-4(7)12;1-3(11)10-15-7(2)4(12)8-6(14)9-5(7)13/h1-5H3,(H,13,16);1-3H3,(H,13,14)(H2,10,11,15,16,17);1-4H3,(H,10,15);1-4H3,(H,10,13);1-2H3,(H,10,14)(H2,8,9,11,12,13);1-2H3,(H,10,11)(H2,8,9,12,13,14)/b12-6+;12-4+;;;;. The minimum atomic E-state index is -2.31. The number of oxime groups is 2. The van der Waals surface area contributed by atoms with Crippen molar-refractivity contribution in [1.82, 2.24) is 94.2 Å². The number of carbonyl (C=O) groups is 24. The average Bonchev–Trinajstić information content (AvgIpc) is 0.746. The smallest absolute Gasteiger partial charge is 0.431 e. The molecule has 0 aliphatic carbocycles. The van der Waals surface area contributed by atoms with Gasteiger partial charge < -0.3 is 19.1 Å². The van der Waals surface area contributed by atoms with Gasteiger partial charge in [0, 0.05) is 70.0 Å². The Balaban J connectivity index is 0.000000638. The van der Waals surface area contributed by atoms with Crippen molar-refractivity contribution >= 4 is 154 Å². The van der Waals surface area contributed by atoms with Crippen LogP contribution in [0.25, 0.3) is 0 Å². The molecule has 0 aromatic rings. The highest BCUT2D eigenvalue weighted by atomic mass is 16.7. The molecule has 0 aromatic carbocycles. The number of hydrogen-bond donors (Lipinski definition) is 12. The number of ether oxygens (including phenoxy) is 2. The lowest BCUT2D eigenvalue weighted by atomic mass is 9.93. The van der Waals surface area contributed by atoms with Crippen LogP contribution in [0.1, 0.15) is 69.2 Å². The van der Waals surface area contributed by atoms with Gasteiger partial charge in [0.25, 0.3) is 82.1 Å². The van der Waals surface area contributed by atoms with E-state index in [1.165, 1.54) is 84.2 Å². The molecule has 0 unspecified atom stereocenters. The average molecular weight is 1520 g/mol. The molecule has 0 atom stereocenters. The van der Waals surface area contributed by atoms with E-state index < -0.39 is 176 Å². The number of hydroxylamine groups is 6. The first kappa shape index (κ1) is 90.8. The van der Waals surface area contributed by atoms with E-state index in [1.807, 2.05) is 53.8 Å². The van der Waals surface area contributed by atoms with Gasteiger partial charge in [0.1, 0.15) is 25.6 Å². The largest absolute Gasteiger partial charge is 0.451 e. The van der Waals surface area contributed by atoms with Crippen LogP contribution in [-0.2, 0) is 125 Å². The molecule has 0 spiro atoms. The zero-order chi connectivity index (χ0) is 82.4. The summed E-state index contributed by atoms with van der Waals surface area (Å²) in [5.41, 5.74) is -1.78. The predicted octanol–water partition coefficient (Wildman–Crippen LogP) is -8.43. The molecule has 0 bridgehead atoms. The van der Waals surface area contributed by atoms with Crippen LogP contribution in [-0.4, -0.2) is 288 Å². The van der Waals surface area contributed by atoms with Crippen molar-refractivity contribution in [3.63, 3.8) is 0 Å². The van der Waals surface area contributed by atoms with Crippen molar-refractivity contribution in [2.75, 3.05) is 70.7 Å². The molecule has 6 heterocycles. The van der Waals surface area contributed by atoms with Gasteiger partial charge in [0.2, 0.25) is 46.0 Å². The molecular weight excluding hydrogens is 1450 g/mol. The van der Waals surface area contributed by atoms with E-state index in [0.29, 0.717) is 9.80 Å². The van der Waals surface area contributed by atoms with Gasteiger partial charge in [0.05, 0.1) is 14.2 Å². The van der Waals surface area contributed by atoms with Crippen LogP contribution in [0.5, 0.6) is 0 Å². The van der Waals surface area contributed by atoms with Crippen LogP contribution in [0.4, 0.5) is 38.4 Å². The van der Waals surface area contributed by atoms with Gasteiger partial charge in [-0.3, -0.25) is 138 Å². The van der Waals surface area contributed by atoms with Crippen molar-refractivity contribution in [3.05, 3.63) is 0 Å². The lowest BCUT2D eigenvalue weighted by Crippen LogP contribution is -2.72. The number of likely N-dealkylation sites (N-methyl/N-ethyl adjacent to an activating group) is 6. The quantitative estimate of drug-likeness (QED) is 0.0388. The molecule has 12 N–H and O–H groups in total. The maximum absolute atomic E-state index is 12.4. The number of carbonyl (C=O) groups excluding carboxylic acids is 24. The fourth-order valence-electron chi connectivity index (χ4n) is 7.64. The predicted molar refractivity (Wildman–Crippen MR) is 330 cm³/mol. The minimum Gasteiger partial charge on any atom is -0.451 e. The van der Waals surface area contributed by atoms with Gasteiger partial charge in [0.15, 0.2) is 0 Å². The Kier molecular flexibility index (Phi) is 31.8. The van der Waals surface area contributed by atoms with Crippen molar-refractivity contribution in [1.29, 1.82) is 0 Å². The second-order valence-electron chi connectivity index (χ2n) is 21.4. The molecule has 6 saturated heterocycles. The van der Waals surface area contributed by atoms with Gasteiger partial charge in [-0.1, -0.05) is 10.3 Å². The molecule has 30 amide bonds. The Morgan fingerprint density at radius 3 is 0.764 bits per heavy atom. The summed E-state index contributed by atoms with van der Waals surface area (Å²) >= 11 is 0. The highest BCUT2D eigenvalue weighted by Crippen LogP contribution is 2.27. The normalized spacial score (nSPS) is 18.9. The van der Waals surface area contributed by atoms with E-state index in [9.17, 15) is 115 Å². The number of hydrogen-bond acceptors (Lipinski definition) is 36. The molecular formula is C52H72N20O34. The van der Waals surface area contributed by atoms with Crippen molar-refractivity contribution in [2.45, 2.75) is 103 Å². The molecule has 54 nitrogen and oxygen atoms in total. The Morgan fingerprint density at radius 1 is 0.302 bits per heavy atom. The van der Waals surface area contributed by atoms with E-state index >= 15 is 0 Å². The van der Waals surface area contributed by atoms with Gasteiger partial charge in [-0.2, -0.15) is 11.0 Å². The second kappa shape index (κ2) is 37.1. The maximum atomic E-state index is 12.4. The van der Waals surface area contributed by atoms with E-state index in [1.54, 1.807) is 11.0 Å². The topological polar surface area (TPSA) is 691 Å². The van der Waals surface area contributed by atoms with E-state index in [2.05, 4.69) is 39.1 Å². The highest BCUT2D eigenvalue weighted by Gasteiger charge is 2.62. The summed E-state index contributed by atoms with van der Waals surface area (Å²) in [6.07, 6.45) is -1.96. The summed E-state index contributed by atoms with van der Waals surface area (Å²) in [6.45, 7) is 11.7. The second-order valence-corrected chi connectivity index (χ2v) is 21.4. The lowest BCUT2D eigenvalue weighted by Gasteiger charge is -2.39. The van der Waals surface area contributed by atoms with E-state index in [-0.39, 0.29) is 11.4 Å². The van der Waals surface area contributed by atoms with Crippen LogP contribution in [0.2, 0.25) is 0 Å². The van der Waals surface area contributed by atoms with Crippen LogP contribution in [0, 0.1) is 0 Å². The zero-order valence-electron chi connectivity index (χ0n) is 59.5. The fraction of sp³-hybridized carbons (Fsp3) is 0.500. The summed E-state index contributed by atoms with van der Waals surface area (Å²) in [4.78, 5) is 315.